The molecule has 1 fully saturated rings. The first kappa shape index (κ1) is 16.2. The van der Waals surface area contributed by atoms with Crippen molar-refractivity contribution in [3.63, 3.8) is 0 Å². The zero-order valence-electron chi connectivity index (χ0n) is 12.2. The summed E-state index contributed by atoms with van der Waals surface area (Å²) in [5.74, 6) is -1.39. The molecule has 0 heterocycles. The highest BCUT2D eigenvalue weighted by Gasteiger charge is 2.23. The van der Waals surface area contributed by atoms with Gasteiger partial charge in [-0.3, -0.25) is 10.1 Å². The Morgan fingerprint density at radius 3 is 2.57 bits per heavy atom. The van der Waals surface area contributed by atoms with Crippen LogP contribution in [0.25, 0.3) is 6.08 Å². The molecule has 0 atom stereocenters. The predicted molar refractivity (Wildman–Crippen MR) is 80.8 cm³/mol. The molecule has 118 valence electrons. The van der Waals surface area contributed by atoms with E-state index in [0.29, 0.717) is 11.1 Å². The Balaban J connectivity index is 1.70. The summed E-state index contributed by atoms with van der Waals surface area (Å²) in [5.41, 5.74) is 1.24. The molecule has 0 bridgehead atoms. The number of ether oxygens (including phenoxy) is 1. The summed E-state index contributed by atoms with van der Waals surface area (Å²) in [6, 6.07) is 8.15. The Hall–Kier alpha value is -3.14. The summed E-state index contributed by atoms with van der Waals surface area (Å²) in [6.07, 6.45) is 4.49. The summed E-state index contributed by atoms with van der Waals surface area (Å²) < 4.78 is 4.72. The van der Waals surface area contributed by atoms with Gasteiger partial charge < -0.3 is 10.1 Å². The maximum atomic E-state index is 11.5. The van der Waals surface area contributed by atoms with Crippen LogP contribution in [0.5, 0.6) is 0 Å². The number of rotatable bonds is 5. The highest BCUT2D eigenvalue weighted by Crippen LogP contribution is 2.18. The van der Waals surface area contributed by atoms with E-state index in [0.717, 1.165) is 12.8 Å². The third-order valence-corrected chi connectivity index (χ3v) is 2.96. The maximum Gasteiger partial charge on any atom is 0.331 e. The molecule has 0 aliphatic heterocycles. The van der Waals surface area contributed by atoms with Crippen LogP contribution in [0.2, 0.25) is 0 Å². The van der Waals surface area contributed by atoms with Crippen molar-refractivity contribution in [2.45, 2.75) is 18.9 Å². The van der Waals surface area contributed by atoms with Crippen molar-refractivity contribution in [2.75, 3.05) is 6.61 Å². The van der Waals surface area contributed by atoms with Gasteiger partial charge in [-0.15, -0.1) is 0 Å². The molecule has 0 aromatic heterocycles. The second-order valence-electron chi connectivity index (χ2n) is 4.97. The number of hydrogen-bond acceptors (Lipinski definition) is 5. The van der Waals surface area contributed by atoms with Gasteiger partial charge in [0.1, 0.15) is 0 Å². The summed E-state index contributed by atoms with van der Waals surface area (Å²) in [4.78, 5) is 34.2. The molecule has 3 amide bonds. The van der Waals surface area contributed by atoms with Crippen molar-refractivity contribution in [1.82, 2.24) is 10.6 Å². The van der Waals surface area contributed by atoms with E-state index in [1.807, 2.05) is 6.07 Å². The van der Waals surface area contributed by atoms with Crippen molar-refractivity contribution in [1.29, 1.82) is 5.26 Å². The third-order valence-electron chi connectivity index (χ3n) is 2.96. The van der Waals surface area contributed by atoms with Crippen LogP contribution in [0.3, 0.4) is 0 Å². The lowest BCUT2D eigenvalue weighted by Gasteiger charge is -2.05. The molecule has 7 heteroatoms. The number of nitriles is 1. The van der Waals surface area contributed by atoms with Crippen molar-refractivity contribution in [2.24, 2.45) is 0 Å². The quantitative estimate of drug-likeness (QED) is 0.625. The smallest absolute Gasteiger partial charge is 0.331 e. The number of amides is 3. The van der Waals surface area contributed by atoms with Gasteiger partial charge in [0.25, 0.3) is 5.91 Å². The third kappa shape index (κ3) is 6.01. The number of imide groups is 1. The van der Waals surface area contributed by atoms with Crippen LogP contribution in [0.1, 0.15) is 24.0 Å². The van der Waals surface area contributed by atoms with Crippen molar-refractivity contribution in [3.05, 3.63) is 41.5 Å². The van der Waals surface area contributed by atoms with Crippen molar-refractivity contribution < 1.29 is 19.1 Å². The van der Waals surface area contributed by atoms with Crippen LogP contribution >= 0.6 is 0 Å². The van der Waals surface area contributed by atoms with E-state index in [9.17, 15) is 14.4 Å². The maximum absolute atomic E-state index is 11.5. The lowest BCUT2D eigenvalue weighted by molar-refractivity contribution is -0.143. The SMILES string of the molecule is N#Cc1ccc(/C=C/C(=O)OCC(=O)NC(=O)NC2CC2)cc1. The van der Waals surface area contributed by atoms with Crippen molar-refractivity contribution in [3.8, 4) is 6.07 Å². The molecule has 0 radical (unpaired) electrons. The zero-order chi connectivity index (χ0) is 16.7. The highest BCUT2D eigenvalue weighted by molar-refractivity contribution is 5.96. The fraction of sp³-hybridized carbons (Fsp3) is 0.250. The second-order valence-corrected chi connectivity index (χ2v) is 4.97. The Bertz CT molecular complexity index is 670. The zero-order valence-corrected chi connectivity index (χ0v) is 12.2. The first-order chi connectivity index (χ1) is 11.1. The Morgan fingerprint density at radius 2 is 1.96 bits per heavy atom. The van der Waals surface area contributed by atoms with E-state index in [1.54, 1.807) is 24.3 Å². The minimum atomic E-state index is -0.702. The fourth-order valence-electron chi connectivity index (χ4n) is 1.63. The molecule has 1 aromatic rings. The summed E-state index contributed by atoms with van der Waals surface area (Å²) in [7, 11) is 0. The average molecular weight is 313 g/mol. The molecule has 7 nitrogen and oxygen atoms in total. The van der Waals surface area contributed by atoms with Crippen LogP contribution in [0.4, 0.5) is 4.79 Å². The van der Waals surface area contributed by atoms with Gasteiger partial charge >= 0.3 is 12.0 Å². The number of urea groups is 1. The van der Waals surface area contributed by atoms with Crippen LogP contribution in [-0.2, 0) is 14.3 Å². The monoisotopic (exact) mass is 313 g/mol. The van der Waals surface area contributed by atoms with Gasteiger partial charge in [-0.05, 0) is 36.6 Å². The van der Waals surface area contributed by atoms with E-state index in [2.05, 4.69) is 10.6 Å². The van der Waals surface area contributed by atoms with Gasteiger partial charge in [-0.1, -0.05) is 12.1 Å². The van der Waals surface area contributed by atoms with Crippen LogP contribution in [-0.4, -0.2) is 30.6 Å². The Morgan fingerprint density at radius 1 is 1.26 bits per heavy atom. The fourth-order valence-corrected chi connectivity index (χ4v) is 1.63. The Labute approximate surface area is 132 Å². The average Bonchev–Trinajstić information content (AvgIpc) is 3.35. The number of nitrogens with zero attached hydrogens (tertiary/aromatic N) is 1. The molecule has 1 aliphatic carbocycles. The predicted octanol–water partition coefficient (Wildman–Crippen LogP) is 1.10. The standard InChI is InChI=1S/C16H15N3O4/c17-9-12-3-1-11(2-4-12)5-8-15(21)23-10-14(20)19-16(22)18-13-6-7-13/h1-5,8,13H,6-7,10H2,(H2,18,19,20,22)/b8-5+. The number of hydrogen-bond donors (Lipinski definition) is 2. The topological polar surface area (TPSA) is 108 Å². The molecular formula is C16H15N3O4. The van der Waals surface area contributed by atoms with Crippen LogP contribution in [0, 0.1) is 11.3 Å². The molecule has 2 rings (SSSR count). The molecule has 0 spiro atoms. The van der Waals surface area contributed by atoms with Crippen molar-refractivity contribution >= 4 is 24.0 Å². The van der Waals surface area contributed by atoms with Crippen LogP contribution in [0.15, 0.2) is 30.3 Å². The number of nitrogens with one attached hydrogen (secondary N) is 2. The number of carbonyl (C=O) groups excluding carboxylic acids is 3. The number of carbonyl (C=O) groups is 3. The molecule has 2 N–H and O–H groups in total. The summed E-state index contributed by atoms with van der Waals surface area (Å²) in [5, 5.41) is 13.3. The number of esters is 1. The normalized spacial score (nSPS) is 13.2. The first-order valence-electron chi connectivity index (χ1n) is 7.02. The highest BCUT2D eigenvalue weighted by atomic mass is 16.5. The summed E-state index contributed by atoms with van der Waals surface area (Å²) >= 11 is 0. The lowest BCUT2D eigenvalue weighted by atomic mass is 10.1. The first-order valence-corrected chi connectivity index (χ1v) is 7.02. The Kier molecular flexibility index (Phi) is 5.47. The van der Waals surface area contributed by atoms with Gasteiger partial charge in [-0.25, -0.2) is 9.59 Å². The molecular weight excluding hydrogens is 298 g/mol. The largest absolute Gasteiger partial charge is 0.452 e. The van der Waals surface area contributed by atoms with Gasteiger partial charge in [0.15, 0.2) is 6.61 Å². The molecule has 1 aliphatic rings. The molecule has 0 saturated heterocycles. The molecule has 23 heavy (non-hydrogen) atoms. The van der Waals surface area contributed by atoms with E-state index in [1.165, 1.54) is 12.2 Å². The number of benzene rings is 1. The van der Waals surface area contributed by atoms with E-state index >= 15 is 0 Å². The molecule has 0 unspecified atom stereocenters. The summed E-state index contributed by atoms with van der Waals surface area (Å²) in [6.45, 7) is -0.533. The second kappa shape index (κ2) is 7.75. The van der Waals surface area contributed by atoms with E-state index in [-0.39, 0.29) is 6.04 Å². The van der Waals surface area contributed by atoms with Gasteiger partial charge in [-0.2, -0.15) is 5.26 Å². The van der Waals surface area contributed by atoms with E-state index in [4.69, 9.17) is 10.00 Å². The van der Waals surface area contributed by atoms with Gasteiger partial charge in [0.05, 0.1) is 11.6 Å². The molecule has 1 aromatic carbocycles. The minimum Gasteiger partial charge on any atom is -0.452 e. The van der Waals surface area contributed by atoms with Gasteiger partial charge in [0.2, 0.25) is 0 Å². The van der Waals surface area contributed by atoms with Gasteiger partial charge in [0, 0.05) is 12.1 Å². The van der Waals surface area contributed by atoms with Crippen LogP contribution < -0.4 is 10.6 Å². The molecule has 1 saturated carbocycles. The lowest BCUT2D eigenvalue weighted by Crippen LogP contribution is -2.42. The minimum absolute atomic E-state index is 0.140. The van der Waals surface area contributed by atoms with E-state index < -0.39 is 24.5 Å².